The van der Waals surface area contributed by atoms with E-state index < -0.39 is 5.97 Å². The van der Waals surface area contributed by atoms with Gasteiger partial charge in [0.15, 0.2) is 0 Å². The number of piperidine rings is 1. The van der Waals surface area contributed by atoms with Crippen molar-refractivity contribution in [1.82, 2.24) is 10.2 Å². The fraction of sp³-hybridized carbons (Fsp3) is 0.562. The number of rotatable bonds is 5. The number of hydrogen-bond acceptors (Lipinski definition) is 3. The smallest absolute Gasteiger partial charge is 0.307 e. The lowest BCUT2D eigenvalue weighted by molar-refractivity contribution is -0.136. The van der Waals surface area contributed by atoms with Gasteiger partial charge >= 0.3 is 5.97 Å². The summed E-state index contributed by atoms with van der Waals surface area (Å²) in [6.45, 7) is 5.45. The summed E-state index contributed by atoms with van der Waals surface area (Å²) in [5, 5.41) is 12.4. The molecule has 0 aliphatic carbocycles. The molecule has 1 aromatic rings. The second kappa shape index (κ2) is 6.86. The van der Waals surface area contributed by atoms with E-state index in [9.17, 15) is 4.79 Å². The minimum absolute atomic E-state index is 0.0969. The predicted molar refractivity (Wildman–Crippen MR) is 79.7 cm³/mol. The summed E-state index contributed by atoms with van der Waals surface area (Å²) in [5.41, 5.74) is 2.07. The molecule has 1 heterocycles. The summed E-state index contributed by atoms with van der Waals surface area (Å²) < 4.78 is 0. The van der Waals surface area contributed by atoms with E-state index in [4.69, 9.17) is 5.11 Å². The first-order valence-electron chi connectivity index (χ1n) is 7.26. The van der Waals surface area contributed by atoms with Gasteiger partial charge in [0.2, 0.25) is 0 Å². The molecular weight excluding hydrogens is 252 g/mol. The highest BCUT2D eigenvalue weighted by Crippen LogP contribution is 2.16. The number of hydrogen-bond donors (Lipinski definition) is 2. The number of nitrogens with zero attached hydrogens (tertiary/aromatic N) is 1. The predicted octanol–water partition coefficient (Wildman–Crippen LogP) is 1.74. The van der Waals surface area contributed by atoms with Gasteiger partial charge in [0.1, 0.15) is 0 Å². The monoisotopic (exact) mass is 276 g/mol. The molecule has 0 amide bonds. The maximum absolute atomic E-state index is 10.6. The molecule has 20 heavy (non-hydrogen) atoms. The number of likely N-dealkylation sites (tertiary alicyclic amines) is 1. The van der Waals surface area contributed by atoms with Gasteiger partial charge in [0.05, 0.1) is 6.42 Å². The average molecular weight is 276 g/mol. The first-order chi connectivity index (χ1) is 9.54. The van der Waals surface area contributed by atoms with Crippen LogP contribution in [0.3, 0.4) is 0 Å². The zero-order valence-corrected chi connectivity index (χ0v) is 12.3. The molecule has 1 saturated heterocycles. The van der Waals surface area contributed by atoms with Crippen LogP contribution < -0.4 is 5.32 Å². The largest absolute Gasteiger partial charge is 0.481 e. The molecule has 1 fully saturated rings. The van der Waals surface area contributed by atoms with Crippen LogP contribution in [0.25, 0.3) is 0 Å². The number of carboxylic acid groups (broad SMARTS) is 1. The number of nitrogens with one attached hydrogen (secondary N) is 1. The molecule has 2 atom stereocenters. The van der Waals surface area contributed by atoms with Gasteiger partial charge in [-0.1, -0.05) is 31.2 Å². The number of benzene rings is 1. The highest BCUT2D eigenvalue weighted by atomic mass is 16.4. The molecule has 2 rings (SSSR count). The summed E-state index contributed by atoms with van der Waals surface area (Å²) >= 11 is 0. The zero-order valence-electron chi connectivity index (χ0n) is 12.3. The molecule has 4 heteroatoms. The quantitative estimate of drug-likeness (QED) is 0.860. The van der Waals surface area contributed by atoms with Crippen LogP contribution >= 0.6 is 0 Å². The molecular formula is C16H24N2O2. The third-order valence-corrected chi connectivity index (χ3v) is 4.06. The molecule has 110 valence electrons. The van der Waals surface area contributed by atoms with E-state index in [2.05, 4.69) is 24.2 Å². The lowest BCUT2D eigenvalue weighted by Gasteiger charge is -2.35. The number of aliphatic carboxylic acids is 1. The maximum atomic E-state index is 10.6. The Morgan fingerprint density at radius 2 is 2.00 bits per heavy atom. The molecule has 1 aliphatic rings. The normalized spacial score (nSPS) is 23.7. The second-order valence-corrected chi connectivity index (χ2v) is 5.90. The molecule has 2 unspecified atom stereocenters. The summed E-state index contributed by atoms with van der Waals surface area (Å²) in [7, 11) is 2.17. The van der Waals surface area contributed by atoms with Crippen molar-refractivity contribution in [2.24, 2.45) is 5.92 Å². The SMILES string of the molecule is CC1CN(C)CCC1NCc1ccc(CC(=O)O)cc1. The highest BCUT2D eigenvalue weighted by Gasteiger charge is 2.23. The van der Waals surface area contributed by atoms with Crippen LogP contribution in [0.2, 0.25) is 0 Å². The topological polar surface area (TPSA) is 52.6 Å². The maximum Gasteiger partial charge on any atom is 0.307 e. The van der Waals surface area contributed by atoms with Crippen LogP contribution in [0.1, 0.15) is 24.5 Å². The van der Waals surface area contributed by atoms with Gasteiger partial charge < -0.3 is 15.3 Å². The van der Waals surface area contributed by atoms with Gasteiger partial charge in [-0.2, -0.15) is 0 Å². The fourth-order valence-electron chi connectivity index (χ4n) is 2.86. The third kappa shape index (κ3) is 4.32. The second-order valence-electron chi connectivity index (χ2n) is 5.90. The third-order valence-electron chi connectivity index (χ3n) is 4.06. The molecule has 4 nitrogen and oxygen atoms in total. The minimum Gasteiger partial charge on any atom is -0.481 e. The standard InChI is InChI=1S/C16H24N2O2/c1-12-11-18(2)8-7-15(12)17-10-14-5-3-13(4-6-14)9-16(19)20/h3-6,12,15,17H,7-11H2,1-2H3,(H,19,20). The van der Waals surface area contributed by atoms with E-state index in [-0.39, 0.29) is 6.42 Å². The van der Waals surface area contributed by atoms with E-state index >= 15 is 0 Å². The Bertz CT molecular complexity index is 444. The average Bonchev–Trinajstić information content (AvgIpc) is 2.39. The summed E-state index contributed by atoms with van der Waals surface area (Å²) in [6.07, 6.45) is 1.29. The van der Waals surface area contributed by atoms with Crippen molar-refractivity contribution < 1.29 is 9.90 Å². The Labute approximate surface area is 120 Å². The molecule has 1 aromatic carbocycles. The Morgan fingerprint density at radius 3 is 2.60 bits per heavy atom. The number of carboxylic acids is 1. The number of carbonyl (C=O) groups is 1. The van der Waals surface area contributed by atoms with E-state index in [1.807, 2.05) is 24.3 Å². The zero-order chi connectivity index (χ0) is 14.5. The van der Waals surface area contributed by atoms with Crippen molar-refractivity contribution in [3.05, 3.63) is 35.4 Å². The molecule has 2 N–H and O–H groups in total. The van der Waals surface area contributed by atoms with E-state index in [0.717, 1.165) is 25.2 Å². The van der Waals surface area contributed by atoms with E-state index in [1.54, 1.807) is 0 Å². The summed E-state index contributed by atoms with van der Waals surface area (Å²) in [5.74, 6) is -0.115. The fourth-order valence-corrected chi connectivity index (χ4v) is 2.86. The van der Waals surface area contributed by atoms with Crippen LogP contribution in [0.5, 0.6) is 0 Å². The molecule has 0 aromatic heterocycles. The van der Waals surface area contributed by atoms with E-state index in [0.29, 0.717) is 12.0 Å². The van der Waals surface area contributed by atoms with Gasteiger partial charge in [-0.05, 0) is 37.1 Å². The van der Waals surface area contributed by atoms with Crippen LogP contribution in [-0.2, 0) is 17.8 Å². The van der Waals surface area contributed by atoms with E-state index in [1.165, 1.54) is 12.0 Å². The molecule has 0 bridgehead atoms. The summed E-state index contributed by atoms with van der Waals surface area (Å²) in [6, 6.07) is 8.42. The van der Waals surface area contributed by atoms with Crippen molar-refractivity contribution in [2.75, 3.05) is 20.1 Å². The molecule has 1 aliphatic heterocycles. The van der Waals surface area contributed by atoms with Crippen molar-refractivity contribution in [3.63, 3.8) is 0 Å². The van der Waals surface area contributed by atoms with Gasteiger partial charge in [-0.15, -0.1) is 0 Å². The summed E-state index contributed by atoms with van der Waals surface area (Å²) in [4.78, 5) is 13.0. The minimum atomic E-state index is -0.781. The van der Waals surface area contributed by atoms with Crippen molar-refractivity contribution in [2.45, 2.75) is 32.4 Å². The van der Waals surface area contributed by atoms with Crippen molar-refractivity contribution in [3.8, 4) is 0 Å². The van der Waals surface area contributed by atoms with Crippen LogP contribution in [0, 0.1) is 5.92 Å². The van der Waals surface area contributed by atoms with Crippen molar-refractivity contribution in [1.29, 1.82) is 0 Å². The Balaban J connectivity index is 1.83. The first kappa shape index (κ1) is 15.0. The van der Waals surface area contributed by atoms with Crippen LogP contribution in [0.15, 0.2) is 24.3 Å². The van der Waals surface area contributed by atoms with Crippen LogP contribution in [-0.4, -0.2) is 42.2 Å². The van der Waals surface area contributed by atoms with Gasteiger partial charge in [0, 0.05) is 19.1 Å². The lowest BCUT2D eigenvalue weighted by Crippen LogP contribution is -2.46. The Hall–Kier alpha value is -1.39. The highest BCUT2D eigenvalue weighted by molar-refractivity contribution is 5.70. The van der Waals surface area contributed by atoms with Gasteiger partial charge in [0.25, 0.3) is 0 Å². The molecule has 0 saturated carbocycles. The Morgan fingerprint density at radius 1 is 1.35 bits per heavy atom. The lowest BCUT2D eigenvalue weighted by atomic mass is 9.94. The van der Waals surface area contributed by atoms with Gasteiger partial charge in [-0.3, -0.25) is 4.79 Å². The van der Waals surface area contributed by atoms with Crippen molar-refractivity contribution >= 4 is 5.97 Å². The molecule has 0 spiro atoms. The Kier molecular flexibility index (Phi) is 5.15. The first-order valence-corrected chi connectivity index (χ1v) is 7.26. The van der Waals surface area contributed by atoms with Gasteiger partial charge in [-0.25, -0.2) is 0 Å². The van der Waals surface area contributed by atoms with Crippen LogP contribution in [0.4, 0.5) is 0 Å². The molecule has 0 radical (unpaired) electrons.